The van der Waals surface area contributed by atoms with E-state index in [2.05, 4.69) is 16.0 Å². The average Bonchev–Trinajstić information content (AvgIpc) is 2.46. The van der Waals surface area contributed by atoms with E-state index in [0.29, 0.717) is 12.6 Å². The first-order valence-corrected chi connectivity index (χ1v) is 7.54. The maximum absolute atomic E-state index is 11.9. The number of hydrogen-bond acceptors (Lipinski definition) is 2. The molecule has 0 aromatic heterocycles. The molecule has 1 aromatic rings. The van der Waals surface area contributed by atoms with E-state index in [-0.39, 0.29) is 11.9 Å². The molecule has 1 aliphatic rings. The molecule has 0 atom stereocenters. The van der Waals surface area contributed by atoms with E-state index in [9.17, 15) is 9.59 Å². The zero-order valence-corrected chi connectivity index (χ0v) is 12.4. The van der Waals surface area contributed by atoms with Gasteiger partial charge in [-0.3, -0.25) is 4.79 Å². The van der Waals surface area contributed by atoms with Crippen LogP contribution in [-0.2, 0) is 11.3 Å². The fourth-order valence-electron chi connectivity index (χ4n) is 2.63. The van der Waals surface area contributed by atoms with Gasteiger partial charge in [-0.25, -0.2) is 4.79 Å². The molecule has 5 heteroatoms. The van der Waals surface area contributed by atoms with Crippen LogP contribution in [0.5, 0.6) is 0 Å². The maximum Gasteiger partial charge on any atom is 0.315 e. The van der Waals surface area contributed by atoms with Crippen molar-refractivity contribution in [3.05, 3.63) is 29.8 Å². The number of carbonyl (C=O) groups is 2. The van der Waals surface area contributed by atoms with Crippen LogP contribution < -0.4 is 16.0 Å². The van der Waals surface area contributed by atoms with E-state index in [4.69, 9.17) is 0 Å². The smallest absolute Gasteiger partial charge is 0.315 e. The van der Waals surface area contributed by atoms with Crippen molar-refractivity contribution in [3.8, 4) is 0 Å². The minimum Gasteiger partial charge on any atom is -0.335 e. The van der Waals surface area contributed by atoms with Gasteiger partial charge >= 0.3 is 6.03 Å². The van der Waals surface area contributed by atoms with Crippen molar-refractivity contribution in [2.75, 3.05) is 5.32 Å². The molecule has 0 heterocycles. The number of benzene rings is 1. The van der Waals surface area contributed by atoms with E-state index in [0.717, 1.165) is 24.1 Å². The third-order valence-electron chi connectivity index (χ3n) is 3.64. The van der Waals surface area contributed by atoms with E-state index < -0.39 is 0 Å². The average molecular weight is 289 g/mol. The van der Waals surface area contributed by atoms with Crippen LogP contribution >= 0.6 is 0 Å². The largest absolute Gasteiger partial charge is 0.335 e. The Kier molecular flexibility index (Phi) is 5.60. The highest BCUT2D eigenvalue weighted by molar-refractivity contribution is 5.88. The normalized spacial score (nSPS) is 15.3. The van der Waals surface area contributed by atoms with Crippen molar-refractivity contribution in [2.45, 2.75) is 51.6 Å². The lowest BCUT2D eigenvalue weighted by atomic mass is 9.96. The quantitative estimate of drug-likeness (QED) is 0.797. The minimum atomic E-state index is -0.119. The molecule has 1 fully saturated rings. The summed E-state index contributed by atoms with van der Waals surface area (Å²) in [6.45, 7) is 1.93. The van der Waals surface area contributed by atoms with Gasteiger partial charge in [-0.05, 0) is 30.5 Å². The molecule has 1 aliphatic carbocycles. The minimum absolute atomic E-state index is 0.102. The Balaban J connectivity index is 1.79. The topological polar surface area (TPSA) is 70.2 Å². The molecule has 3 N–H and O–H groups in total. The molecule has 21 heavy (non-hydrogen) atoms. The Labute approximate surface area is 125 Å². The molecule has 0 bridgehead atoms. The summed E-state index contributed by atoms with van der Waals surface area (Å²) in [5, 5.41) is 8.61. The molecule has 1 aromatic carbocycles. The molecule has 1 saturated carbocycles. The van der Waals surface area contributed by atoms with E-state index in [1.54, 1.807) is 0 Å². The highest BCUT2D eigenvalue weighted by atomic mass is 16.2. The summed E-state index contributed by atoms with van der Waals surface area (Å²) in [4.78, 5) is 22.9. The number of nitrogens with one attached hydrogen (secondary N) is 3. The van der Waals surface area contributed by atoms with Gasteiger partial charge in [0.25, 0.3) is 0 Å². The monoisotopic (exact) mass is 289 g/mol. The third kappa shape index (κ3) is 5.45. The molecule has 3 amide bonds. The molecule has 114 valence electrons. The lowest BCUT2D eigenvalue weighted by molar-refractivity contribution is -0.114. The number of carbonyl (C=O) groups excluding carboxylic acids is 2. The summed E-state index contributed by atoms with van der Waals surface area (Å²) in [5.41, 5.74) is 1.70. The molecule has 0 saturated heterocycles. The first-order valence-electron chi connectivity index (χ1n) is 7.54. The Hall–Kier alpha value is -2.04. The second-order valence-electron chi connectivity index (χ2n) is 5.54. The van der Waals surface area contributed by atoms with Crippen LogP contribution in [0.25, 0.3) is 0 Å². The number of anilines is 1. The summed E-state index contributed by atoms with van der Waals surface area (Å²) in [6, 6.07) is 7.67. The van der Waals surface area contributed by atoms with Gasteiger partial charge in [0.15, 0.2) is 0 Å². The van der Waals surface area contributed by atoms with Crippen molar-refractivity contribution in [3.63, 3.8) is 0 Å². The van der Waals surface area contributed by atoms with Crippen molar-refractivity contribution in [2.24, 2.45) is 0 Å². The van der Waals surface area contributed by atoms with Crippen LogP contribution in [-0.4, -0.2) is 18.0 Å². The molecule has 0 radical (unpaired) electrons. The van der Waals surface area contributed by atoms with Crippen molar-refractivity contribution < 1.29 is 9.59 Å². The number of rotatable bonds is 4. The number of urea groups is 1. The predicted molar refractivity (Wildman–Crippen MR) is 83.0 cm³/mol. The van der Waals surface area contributed by atoms with Crippen molar-refractivity contribution >= 4 is 17.6 Å². The molecule has 2 rings (SSSR count). The van der Waals surface area contributed by atoms with Gasteiger partial charge in [0.1, 0.15) is 0 Å². The van der Waals surface area contributed by atoms with Gasteiger partial charge in [0.2, 0.25) is 5.91 Å². The lowest BCUT2D eigenvalue weighted by Crippen LogP contribution is -2.42. The molecule has 0 unspecified atom stereocenters. The number of hydrogen-bond donors (Lipinski definition) is 3. The summed E-state index contributed by atoms with van der Waals surface area (Å²) >= 11 is 0. The Morgan fingerprint density at radius 2 is 1.95 bits per heavy atom. The van der Waals surface area contributed by atoms with Gasteiger partial charge in [0.05, 0.1) is 0 Å². The van der Waals surface area contributed by atoms with Crippen molar-refractivity contribution in [1.29, 1.82) is 0 Å². The van der Waals surface area contributed by atoms with Gasteiger partial charge in [-0.1, -0.05) is 31.4 Å². The summed E-state index contributed by atoms with van der Waals surface area (Å²) in [6.07, 6.45) is 5.82. The molecular weight excluding hydrogens is 266 g/mol. The summed E-state index contributed by atoms with van der Waals surface area (Å²) in [7, 11) is 0. The lowest BCUT2D eigenvalue weighted by Gasteiger charge is -2.22. The first kappa shape index (κ1) is 15.4. The highest BCUT2D eigenvalue weighted by Gasteiger charge is 2.15. The molecular formula is C16H23N3O2. The van der Waals surface area contributed by atoms with Gasteiger partial charge < -0.3 is 16.0 Å². The Morgan fingerprint density at radius 1 is 1.19 bits per heavy atom. The third-order valence-corrected chi connectivity index (χ3v) is 3.64. The van der Waals surface area contributed by atoms with Gasteiger partial charge in [-0.2, -0.15) is 0 Å². The zero-order valence-electron chi connectivity index (χ0n) is 12.4. The fraction of sp³-hybridized carbons (Fsp3) is 0.500. The van der Waals surface area contributed by atoms with Crippen LogP contribution in [0.3, 0.4) is 0 Å². The van der Waals surface area contributed by atoms with Gasteiger partial charge in [-0.15, -0.1) is 0 Å². The Morgan fingerprint density at radius 3 is 2.67 bits per heavy atom. The second kappa shape index (κ2) is 7.67. The van der Waals surface area contributed by atoms with E-state index >= 15 is 0 Å². The van der Waals surface area contributed by atoms with Crippen molar-refractivity contribution in [1.82, 2.24) is 10.6 Å². The van der Waals surface area contributed by atoms with E-state index in [1.807, 2.05) is 24.3 Å². The second-order valence-corrected chi connectivity index (χ2v) is 5.54. The zero-order chi connectivity index (χ0) is 15.1. The highest BCUT2D eigenvalue weighted by Crippen LogP contribution is 2.17. The standard InChI is InChI=1S/C16H23N3O2/c1-12(20)18-15-9-5-6-13(10-15)11-17-16(21)19-14-7-3-2-4-8-14/h5-6,9-10,14H,2-4,7-8,11H2,1H3,(H,18,20)(H2,17,19,21). The van der Waals surface area contributed by atoms with Crippen LogP contribution in [0.15, 0.2) is 24.3 Å². The van der Waals surface area contributed by atoms with Gasteiger partial charge in [0, 0.05) is 25.2 Å². The maximum atomic E-state index is 11.9. The Bertz CT molecular complexity index is 496. The SMILES string of the molecule is CC(=O)Nc1cccc(CNC(=O)NC2CCCCC2)c1. The predicted octanol–water partition coefficient (Wildman–Crippen LogP) is 2.78. The van der Waals surface area contributed by atoms with Crippen LogP contribution in [0, 0.1) is 0 Å². The number of amides is 3. The van der Waals surface area contributed by atoms with Crippen LogP contribution in [0.1, 0.15) is 44.6 Å². The fourth-order valence-corrected chi connectivity index (χ4v) is 2.63. The summed E-state index contributed by atoms with van der Waals surface area (Å²) < 4.78 is 0. The van der Waals surface area contributed by atoms with Crippen LogP contribution in [0.2, 0.25) is 0 Å². The first-order chi connectivity index (χ1) is 10.1. The molecule has 0 aliphatic heterocycles. The summed E-state index contributed by atoms with van der Waals surface area (Å²) in [5.74, 6) is -0.102. The molecule has 0 spiro atoms. The van der Waals surface area contributed by atoms with E-state index in [1.165, 1.54) is 26.2 Å². The van der Waals surface area contributed by atoms with Crippen LogP contribution in [0.4, 0.5) is 10.5 Å². The molecule has 5 nitrogen and oxygen atoms in total.